The minimum atomic E-state index is -0.320. The second kappa shape index (κ2) is 5.52. The zero-order valence-electron chi connectivity index (χ0n) is 11.1. The topological polar surface area (TPSA) is 0 Å². The molecule has 0 radical (unpaired) electrons. The van der Waals surface area contributed by atoms with E-state index in [0.717, 1.165) is 27.8 Å². The summed E-state index contributed by atoms with van der Waals surface area (Å²) in [6, 6.07) is 8.71. The van der Waals surface area contributed by atoms with Gasteiger partial charge in [-0.15, -0.1) is 11.6 Å². The van der Waals surface area contributed by atoms with Crippen LogP contribution in [0.15, 0.2) is 30.3 Å². The van der Waals surface area contributed by atoms with Gasteiger partial charge in [-0.05, 0) is 66.8 Å². The highest BCUT2D eigenvalue weighted by Gasteiger charge is 2.19. The van der Waals surface area contributed by atoms with Gasteiger partial charge in [-0.1, -0.05) is 23.7 Å². The number of hydrogen-bond donors (Lipinski definition) is 0. The Morgan fingerprint density at radius 1 is 1.05 bits per heavy atom. The Balaban J connectivity index is 2.56. The van der Waals surface area contributed by atoms with Gasteiger partial charge in [0.2, 0.25) is 0 Å². The highest BCUT2D eigenvalue weighted by Crippen LogP contribution is 2.37. The molecule has 0 aromatic heterocycles. The second-order valence-corrected chi connectivity index (χ2v) is 5.61. The zero-order valence-corrected chi connectivity index (χ0v) is 12.6. The molecule has 0 saturated carbocycles. The summed E-state index contributed by atoms with van der Waals surface area (Å²) < 4.78 is 13.4. The van der Waals surface area contributed by atoms with E-state index in [4.69, 9.17) is 23.2 Å². The molecule has 1 unspecified atom stereocenters. The van der Waals surface area contributed by atoms with Gasteiger partial charge >= 0.3 is 0 Å². The number of alkyl halides is 1. The van der Waals surface area contributed by atoms with E-state index in [0.29, 0.717) is 5.02 Å². The molecule has 1 atom stereocenters. The van der Waals surface area contributed by atoms with Crippen molar-refractivity contribution < 1.29 is 4.39 Å². The van der Waals surface area contributed by atoms with Crippen LogP contribution in [-0.4, -0.2) is 0 Å². The molecule has 0 N–H and O–H groups in total. The third kappa shape index (κ3) is 2.77. The first-order chi connectivity index (χ1) is 8.91. The quantitative estimate of drug-likeness (QED) is 0.621. The van der Waals surface area contributed by atoms with Crippen molar-refractivity contribution in [2.45, 2.75) is 26.1 Å². The van der Waals surface area contributed by atoms with E-state index in [9.17, 15) is 4.39 Å². The van der Waals surface area contributed by atoms with Gasteiger partial charge in [0.15, 0.2) is 0 Å². The van der Waals surface area contributed by atoms with Gasteiger partial charge in [-0.25, -0.2) is 4.39 Å². The van der Waals surface area contributed by atoms with E-state index in [1.54, 1.807) is 0 Å². The average molecular weight is 297 g/mol. The lowest BCUT2D eigenvalue weighted by molar-refractivity contribution is 0.624. The van der Waals surface area contributed by atoms with E-state index in [1.165, 1.54) is 12.1 Å². The van der Waals surface area contributed by atoms with Gasteiger partial charge in [-0.2, -0.15) is 0 Å². The molecule has 100 valence electrons. The van der Waals surface area contributed by atoms with Crippen LogP contribution in [0.3, 0.4) is 0 Å². The van der Waals surface area contributed by atoms with Crippen LogP contribution in [0.25, 0.3) is 0 Å². The second-order valence-electron chi connectivity index (χ2n) is 4.77. The Morgan fingerprint density at radius 2 is 1.63 bits per heavy atom. The molecule has 0 nitrogen and oxygen atoms in total. The molecule has 0 fully saturated rings. The summed E-state index contributed by atoms with van der Waals surface area (Å²) in [5.41, 5.74) is 4.60. The van der Waals surface area contributed by atoms with Crippen LogP contribution in [-0.2, 0) is 0 Å². The number of halogens is 3. The third-order valence-corrected chi connectivity index (χ3v) is 4.26. The summed E-state index contributed by atoms with van der Waals surface area (Å²) in [7, 11) is 0. The molecule has 2 aromatic rings. The van der Waals surface area contributed by atoms with Crippen LogP contribution >= 0.6 is 23.2 Å². The lowest BCUT2D eigenvalue weighted by Gasteiger charge is -2.18. The van der Waals surface area contributed by atoms with Crippen molar-refractivity contribution in [1.82, 2.24) is 0 Å². The van der Waals surface area contributed by atoms with Crippen LogP contribution in [0.1, 0.15) is 33.2 Å². The van der Waals surface area contributed by atoms with E-state index in [-0.39, 0.29) is 11.2 Å². The Kier molecular flexibility index (Phi) is 4.17. The standard InChI is InChI=1S/C16H15Cl2F/c1-9-7-12(19)8-10(2)15(9)16(18)13-5-4-6-14(17)11(13)3/h4-8,16H,1-3H3. The first-order valence-corrected chi connectivity index (χ1v) is 6.89. The van der Waals surface area contributed by atoms with Crippen molar-refractivity contribution in [3.63, 3.8) is 0 Å². The SMILES string of the molecule is Cc1cc(F)cc(C)c1C(Cl)c1cccc(Cl)c1C. The molecule has 0 bridgehead atoms. The maximum absolute atomic E-state index is 13.4. The molecular weight excluding hydrogens is 282 g/mol. The molecule has 2 aromatic carbocycles. The number of hydrogen-bond acceptors (Lipinski definition) is 0. The highest BCUT2D eigenvalue weighted by atomic mass is 35.5. The maximum Gasteiger partial charge on any atom is 0.123 e. The first-order valence-electron chi connectivity index (χ1n) is 6.07. The van der Waals surface area contributed by atoms with Crippen molar-refractivity contribution in [3.8, 4) is 0 Å². The first kappa shape index (κ1) is 14.4. The molecule has 0 saturated heterocycles. The minimum absolute atomic E-state index is 0.231. The predicted molar refractivity (Wildman–Crippen MR) is 79.8 cm³/mol. The van der Waals surface area contributed by atoms with Crippen LogP contribution < -0.4 is 0 Å². The fourth-order valence-corrected chi connectivity index (χ4v) is 3.14. The lowest BCUT2D eigenvalue weighted by atomic mass is 9.93. The smallest absolute Gasteiger partial charge is 0.123 e. The molecule has 0 heterocycles. The summed E-state index contributed by atoms with van der Waals surface area (Å²) in [5.74, 6) is -0.231. The molecule has 3 heteroatoms. The normalized spacial score (nSPS) is 12.5. The Hall–Kier alpha value is -1.05. The van der Waals surface area contributed by atoms with Gasteiger partial charge in [0.1, 0.15) is 5.82 Å². The number of rotatable bonds is 2. The van der Waals surface area contributed by atoms with Crippen LogP contribution in [0.4, 0.5) is 4.39 Å². The van der Waals surface area contributed by atoms with Gasteiger partial charge in [-0.3, -0.25) is 0 Å². The Morgan fingerprint density at radius 3 is 2.21 bits per heavy atom. The molecule has 0 amide bonds. The summed E-state index contributed by atoms with van der Waals surface area (Å²) in [6.07, 6.45) is 0. The highest BCUT2D eigenvalue weighted by molar-refractivity contribution is 6.31. The van der Waals surface area contributed by atoms with Crippen molar-refractivity contribution in [2.75, 3.05) is 0 Å². The van der Waals surface area contributed by atoms with Crippen molar-refractivity contribution >= 4 is 23.2 Å². The summed E-state index contributed by atoms with van der Waals surface area (Å²) in [4.78, 5) is 0. The fraction of sp³-hybridized carbons (Fsp3) is 0.250. The van der Waals surface area contributed by atoms with E-state index in [1.807, 2.05) is 39.0 Å². The number of benzene rings is 2. The Labute approximate surface area is 123 Å². The van der Waals surface area contributed by atoms with E-state index in [2.05, 4.69) is 0 Å². The van der Waals surface area contributed by atoms with Crippen LogP contribution in [0.5, 0.6) is 0 Å². The van der Waals surface area contributed by atoms with Crippen molar-refractivity contribution in [2.24, 2.45) is 0 Å². The molecular formula is C16H15Cl2F. The molecule has 0 aliphatic heterocycles. The largest absolute Gasteiger partial charge is 0.207 e. The van der Waals surface area contributed by atoms with Gasteiger partial charge in [0.25, 0.3) is 0 Å². The van der Waals surface area contributed by atoms with Crippen LogP contribution in [0, 0.1) is 26.6 Å². The zero-order chi connectivity index (χ0) is 14.2. The molecule has 19 heavy (non-hydrogen) atoms. The summed E-state index contributed by atoms with van der Waals surface area (Å²) in [6.45, 7) is 5.70. The lowest BCUT2D eigenvalue weighted by Crippen LogP contribution is -2.02. The molecule has 2 rings (SSSR count). The Bertz CT molecular complexity index is 597. The molecule has 0 spiro atoms. The van der Waals surface area contributed by atoms with E-state index >= 15 is 0 Å². The van der Waals surface area contributed by atoms with Gasteiger partial charge in [0.05, 0.1) is 5.38 Å². The molecule has 0 aliphatic carbocycles. The van der Waals surface area contributed by atoms with Gasteiger partial charge < -0.3 is 0 Å². The minimum Gasteiger partial charge on any atom is -0.207 e. The molecule has 0 aliphatic rings. The number of aryl methyl sites for hydroxylation is 2. The average Bonchev–Trinajstić information content (AvgIpc) is 2.31. The monoisotopic (exact) mass is 296 g/mol. The predicted octanol–water partition coefficient (Wildman–Crippen LogP) is 5.73. The third-order valence-electron chi connectivity index (χ3n) is 3.39. The van der Waals surface area contributed by atoms with Crippen LogP contribution in [0.2, 0.25) is 5.02 Å². The summed E-state index contributed by atoms with van der Waals surface area (Å²) in [5, 5.41) is 0.375. The van der Waals surface area contributed by atoms with Gasteiger partial charge in [0, 0.05) is 5.02 Å². The van der Waals surface area contributed by atoms with Crippen molar-refractivity contribution in [1.29, 1.82) is 0 Å². The maximum atomic E-state index is 13.4. The fourth-order valence-electron chi connectivity index (χ4n) is 2.38. The van der Waals surface area contributed by atoms with E-state index < -0.39 is 0 Å². The van der Waals surface area contributed by atoms with Crippen molar-refractivity contribution in [3.05, 3.63) is 69.0 Å². The summed E-state index contributed by atoms with van der Waals surface area (Å²) >= 11 is 12.7.